The van der Waals surface area contributed by atoms with Crippen LogP contribution >= 0.6 is 0 Å². The molecule has 1 N–H and O–H groups in total. The van der Waals surface area contributed by atoms with Gasteiger partial charge < -0.3 is 5.32 Å². The average molecular weight is 186 g/mol. The normalized spacial score (nSPS) is 10.5. The molecular formula is C10H22N2O. The van der Waals surface area contributed by atoms with E-state index in [1.54, 1.807) is 0 Å². The van der Waals surface area contributed by atoms with Crippen molar-refractivity contribution in [1.29, 1.82) is 0 Å². The summed E-state index contributed by atoms with van der Waals surface area (Å²) in [5, 5.41) is 2.81. The molecule has 0 aliphatic carbocycles. The summed E-state index contributed by atoms with van der Waals surface area (Å²) in [5.41, 5.74) is 0. The number of likely N-dealkylation sites (N-methyl/N-ethyl adjacent to an activating group) is 1. The number of carbonyl (C=O) groups is 1. The molecule has 1 amide bonds. The Kier molecular flexibility index (Phi) is 7.69. The first-order valence-corrected chi connectivity index (χ1v) is 5.23. The first-order valence-electron chi connectivity index (χ1n) is 5.23. The smallest absolute Gasteiger partial charge is 0.234 e. The maximum Gasteiger partial charge on any atom is 0.234 e. The predicted molar refractivity (Wildman–Crippen MR) is 55.7 cm³/mol. The number of nitrogens with zero attached hydrogens (tertiary/aromatic N) is 1. The molecule has 0 saturated heterocycles. The van der Waals surface area contributed by atoms with Gasteiger partial charge in [0.15, 0.2) is 0 Å². The van der Waals surface area contributed by atoms with Crippen molar-refractivity contribution in [2.75, 3.05) is 26.2 Å². The van der Waals surface area contributed by atoms with E-state index >= 15 is 0 Å². The molecule has 0 aromatic rings. The Morgan fingerprint density at radius 2 is 1.69 bits per heavy atom. The van der Waals surface area contributed by atoms with Gasteiger partial charge in [-0.05, 0) is 32.9 Å². The summed E-state index contributed by atoms with van der Waals surface area (Å²) in [6, 6.07) is 0. The van der Waals surface area contributed by atoms with E-state index in [4.69, 9.17) is 0 Å². The summed E-state index contributed by atoms with van der Waals surface area (Å²) < 4.78 is 0. The molecule has 0 aromatic carbocycles. The van der Waals surface area contributed by atoms with Crippen molar-refractivity contribution in [2.24, 2.45) is 0 Å². The van der Waals surface area contributed by atoms with E-state index in [0.717, 1.165) is 32.5 Å². The van der Waals surface area contributed by atoms with Crippen LogP contribution in [0.4, 0.5) is 0 Å². The summed E-state index contributed by atoms with van der Waals surface area (Å²) in [6.07, 6.45) is 2.22. The quantitative estimate of drug-likeness (QED) is 0.649. The van der Waals surface area contributed by atoms with Crippen molar-refractivity contribution < 1.29 is 4.79 Å². The molecule has 0 rings (SSSR count). The molecule has 0 bridgehead atoms. The van der Waals surface area contributed by atoms with E-state index in [-0.39, 0.29) is 5.91 Å². The Hall–Kier alpha value is -0.570. The van der Waals surface area contributed by atoms with Gasteiger partial charge in [-0.3, -0.25) is 9.69 Å². The van der Waals surface area contributed by atoms with Crippen molar-refractivity contribution in [3.63, 3.8) is 0 Å². The van der Waals surface area contributed by atoms with Crippen molar-refractivity contribution in [2.45, 2.75) is 33.6 Å². The maximum absolute atomic E-state index is 11.3. The van der Waals surface area contributed by atoms with Crippen molar-refractivity contribution in [3.8, 4) is 0 Å². The molecule has 0 saturated carbocycles. The topological polar surface area (TPSA) is 32.3 Å². The van der Waals surface area contributed by atoms with Crippen LogP contribution in [0.3, 0.4) is 0 Å². The third kappa shape index (κ3) is 6.58. The van der Waals surface area contributed by atoms with Crippen LogP contribution in [-0.2, 0) is 4.79 Å². The SMILES string of the molecule is CCCN(CCC)CC(=O)NCC. The third-order valence-electron chi connectivity index (χ3n) is 1.82. The van der Waals surface area contributed by atoms with Gasteiger partial charge in [-0.15, -0.1) is 0 Å². The Morgan fingerprint density at radius 1 is 1.15 bits per heavy atom. The highest BCUT2D eigenvalue weighted by atomic mass is 16.2. The fourth-order valence-electron chi connectivity index (χ4n) is 1.36. The summed E-state index contributed by atoms with van der Waals surface area (Å²) in [7, 11) is 0. The molecule has 3 heteroatoms. The second kappa shape index (κ2) is 8.05. The fourth-order valence-corrected chi connectivity index (χ4v) is 1.36. The number of nitrogens with one attached hydrogen (secondary N) is 1. The largest absolute Gasteiger partial charge is 0.355 e. The van der Waals surface area contributed by atoms with E-state index < -0.39 is 0 Å². The van der Waals surface area contributed by atoms with Crippen LogP contribution in [-0.4, -0.2) is 37.0 Å². The standard InChI is InChI=1S/C10H22N2O/c1-4-7-12(8-5-2)9-10(13)11-6-3/h4-9H2,1-3H3,(H,11,13). The lowest BCUT2D eigenvalue weighted by molar-refractivity contribution is -0.122. The molecular weight excluding hydrogens is 164 g/mol. The van der Waals surface area contributed by atoms with Gasteiger partial charge in [0.25, 0.3) is 0 Å². The van der Waals surface area contributed by atoms with Gasteiger partial charge in [0.1, 0.15) is 0 Å². The van der Waals surface area contributed by atoms with Crippen molar-refractivity contribution in [3.05, 3.63) is 0 Å². The highest BCUT2D eigenvalue weighted by Gasteiger charge is 2.07. The van der Waals surface area contributed by atoms with E-state index in [1.165, 1.54) is 0 Å². The number of rotatable bonds is 7. The summed E-state index contributed by atoms with van der Waals surface area (Å²) >= 11 is 0. The Morgan fingerprint density at radius 3 is 2.08 bits per heavy atom. The zero-order chi connectivity index (χ0) is 10.1. The summed E-state index contributed by atoms with van der Waals surface area (Å²) in [4.78, 5) is 13.4. The van der Waals surface area contributed by atoms with E-state index in [2.05, 4.69) is 24.1 Å². The summed E-state index contributed by atoms with van der Waals surface area (Å²) in [5.74, 6) is 0.143. The maximum atomic E-state index is 11.3. The second-order valence-electron chi connectivity index (χ2n) is 3.23. The van der Waals surface area contributed by atoms with Crippen LogP contribution < -0.4 is 5.32 Å². The predicted octanol–water partition coefficient (Wildman–Crippen LogP) is 1.24. The molecule has 0 unspecified atom stereocenters. The van der Waals surface area contributed by atoms with E-state index in [9.17, 15) is 4.79 Å². The average Bonchev–Trinajstić information content (AvgIpc) is 2.05. The highest BCUT2D eigenvalue weighted by Crippen LogP contribution is 1.93. The molecule has 0 aliphatic heterocycles. The molecule has 78 valence electrons. The lowest BCUT2D eigenvalue weighted by Crippen LogP contribution is -2.37. The second-order valence-corrected chi connectivity index (χ2v) is 3.23. The number of hydrogen-bond acceptors (Lipinski definition) is 2. The molecule has 0 atom stereocenters. The number of carbonyl (C=O) groups excluding carboxylic acids is 1. The van der Waals surface area contributed by atoms with Crippen LogP contribution in [0.25, 0.3) is 0 Å². The van der Waals surface area contributed by atoms with Crippen LogP contribution in [0, 0.1) is 0 Å². The Bertz CT molecular complexity index is 131. The minimum absolute atomic E-state index is 0.143. The monoisotopic (exact) mass is 186 g/mol. The van der Waals surface area contributed by atoms with Gasteiger partial charge in [0.05, 0.1) is 6.54 Å². The molecule has 13 heavy (non-hydrogen) atoms. The van der Waals surface area contributed by atoms with Gasteiger partial charge in [-0.1, -0.05) is 13.8 Å². The molecule has 3 nitrogen and oxygen atoms in total. The first kappa shape index (κ1) is 12.4. The van der Waals surface area contributed by atoms with E-state index in [0.29, 0.717) is 6.54 Å². The Balaban J connectivity index is 3.71. The van der Waals surface area contributed by atoms with Gasteiger partial charge >= 0.3 is 0 Å². The number of hydrogen-bond donors (Lipinski definition) is 1. The van der Waals surface area contributed by atoms with Crippen LogP contribution in [0.15, 0.2) is 0 Å². The van der Waals surface area contributed by atoms with Crippen LogP contribution in [0.1, 0.15) is 33.6 Å². The van der Waals surface area contributed by atoms with E-state index in [1.807, 2.05) is 6.92 Å². The molecule has 0 spiro atoms. The molecule has 0 aromatic heterocycles. The lowest BCUT2D eigenvalue weighted by atomic mass is 10.3. The Labute approximate surface area is 81.5 Å². The first-order chi connectivity index (χ1) is 6.24. The molecule has 0 aliphatic rings. The van der Waals surface area contributed by atoms with Gasteiger partial charge in [-0.2, -0.15) is 0 Å². The van der Waals surface area contributed by atoms with Crippen molar-refractivity contribution >= 4 is 5.91 Å². The van der Waals surface area contributed by atoms with Crippen LogP contribution in [0.2, 0.25) is 0 Å². The minimum atomic E-state index is 0.143. The molecule has 0 fully saturated rings. The number of amides is 1. The highest BCUT2D eigenvalue weighted by molar-refractivity contribution is 5.77. The zero-order valence-electron chi connectivity index (χ0n) is 9.10. The fraction of sp³-hybridized carbons (Fsp3) is 0.900. The minimum Gasteiger partial charge on any atom is -0.355 e. The van der Waals surface area contributed by atoms with Crippen LogP contribution in [0.5, 0.6) is 0 Å². The summed E-state index contributed by atoms with van der Waals surface area (Å²) in [6.45, 7) is 9.54. The molecule has 0 radical (unpaired) electrons. The molecule has 0 heterocycles. The van der Waals surface area contributed by atoms with Gasteiger partial charge in [0, 0.05) is 6.54 Å². The van der Waals surface area contributed by atoms with Crippen molar-refractivity contribution in [1.82, 2.24) is 10.2 Å². The third-order valence-corrected chi connectivity index (χ3v) is 1.82. The lowest BCUT2D eigenvalue weighted by Gasteiger charge is -2.19. The van der Waals surface area contributed by atoms with Gasteiger partial charge in [0.2, 0.25) is 5.91 Å². The zero-order valence-corrected chi connectivity index (χ0v) is 9.10. The van der Waals surface area contributed by atoms with Gasteiger partial charge in [-0.25, -0.2) is 0 Å².